The lowest BCUT2D eigenvalue weighted by Crippen LogP contribution is -2.33. The summed E-state index contributed by atoms with van der Waals surface area (Å²) in [5.41, 5.74) is 1.63. The molecular formula is C15H21ClN2O. The van der Waals surface area contributed by atoms with Crippen LogP contribution in [0, 0.1) is 12.8 Å². The monoisotopic (exact) mass is 280 g/mol. The standard InChI is InChI=1S/C15H21ClN2O/c1-11-4-5-13(14(16)9-11)15(19)18-8-6-12-3-2-7-17-10-12/h4-5,9,12,17H,2-3,6-8,10H2,1H3,(H,18,19). The van der Waals surface area contributed by atoms with Crippen LogP contribution in [0.3, 0.4) is 0 Å². The molecule has 2 N–H and O–H groups in total. The van der Waals surface area contributed by atoms with Crippen LogP contribution in [0.1, 0.15) is 35.2 Å². The molecular weight excluding hydrogens is 260 g/mol. The van der Waals surface area contributed by atoms with Crippen molar-refractivity contribution in [2.75, 3.05) is 19.6 Å². The highest BCUT2D eigenvalue weighted by Gasteiger charge is 2.14. The summed E-state index contributed by atoms with van der Waals surface area (Å²) >= 11 is 6.08. The molecule has 1 aliphatic heterocycles. The fraction of sp³-hybridized carbons (Fsp3) is 0.533. The van der Waals surface area contributed by atoms with Crippen LogP contribution in [-0.4, -0.2) is 25.5 Å². The first-order chi connectivity index (χ1) is 9.16. The Morgan fingerprint density at radius 3 is 3.05 bits per heavy atom. The van der Waals surface area contributed by atoms with Crippen LogP contribution in [0.5, 0.6) is 0 Å². The van der Waals surface area contributed by atoms with E-state index in [1.54, 1.807) is 6.07 Å². The third kappa shape index (κ3) is 4.22. The van der Waals surface area contributed by atoms with E-state index in [9.17, 15) is 4.79 Å². The smallest absolute Gasteiger partial charge is 0.252 e. The number of rotatable bonds is 4. The van der Waals surface area contributed by atoms with E-state index in [1.807, 2.05) is 19.1 Å². The third-order valence-corrected chi connectivity index (χ3v) is 3.92. The molecule has 1 saturated heterocycles. The van der Waals surface area contributed by atoms with Gasteiger partial charge >= 0.3 is 0 Å². The normalized spacial score (nSPS) is 19.2. The highest BCUT2D eigenvalue weighted by Crippen LogP contribution is 2.18. The molecule has 0 radical (unpaired) electrons. The van der Waals surface area contributed by atoms with E-state index >= 15 is 0 Å². The summed E-state index contributed by atoms with van der Waals surface area (Å²) in [5, 5.41) is 6.87. The minimum Gasteiger partial charge on any atom is -0.352 e. The van der Waals surface area contributed by atoms with Gasteiger partial charge in [-0.25, -0.2) is 0 Å². The van der Waals surface area contributed by atoms with E-state index in [4.69, 9.17) is 11.6 Å². The second kappa shape index (κ2) is 6.92. The van der Waals surface area contributed by atoms with Gasteiger partial charge in [-0.3, -0.25) is 4.79 Å². The van der Waals surface area contributed by atoms with Crippen LogP contribution in [0.15, 0.2) is 18.2 Å². The van der Waals surface area contributed by atoms with Crippen LogP contribution in [0.2, 0.25) is 5.02 Å². The molecule has 4 heteroatoms. The Morgan fingerprint density at radius 1 is 1.53 bits per heavy atom. The van der Waals surface area contributed by atoms with Crippen molar-refractivity contribution in [1.82, 2.24) is 10.6 Å². The van der Waals surface area contributed by atoms with Crippen molar-refractivity contribution >= 4 is 17.5 Å². The summed E-state index contributed by atoms with van der Waals surface area (Å²) in [5.74, 6) is 0.608. The number of piperidine rings is 1. The van der Waals surface area contributed by atoms with Gasteiger partial charge in [0.2, 0.25) is 0 Å². The summed E-state index contributed by atoms with van der Waals surface area (Å²) in [7, 11) is 0. The predicted octanol–water partition coefficient (Wildman–Crippen LogP) is 2.77. The number of hydrogen-bond acceptors (Lipinski definition) is 2. The van der Waals surface area contributed by atoms with Crippen LogP contribution < -0.4 is 10.6 Å². The van der Waals surface area contributed by atoms with Crippen molar-refractivity contribution < 1.29 is 4.79 Å². The average Bonchev–Trinajstić information content (AvgIpc) is 2.39. The molecule has 0 aromatic heterocycles. The predicted molar refractivity (Wildman–Crippen MR) is 78.7 cm³/mol. The number of aryl methyl sites for hydroxylation is 1. The van der Waals surface area contributed by atoms with Crippen LogP contribution in [-0.2, 0) is 0 Å². The van der Waals surface area contributed by atoms with Crippen molar-refractivity contribution in [1.29, 1.82) is 0 Å². The number of benzene rings is 1. The van der Waals surface area contributed by atoms with Crippen molar-refractivity contribution in [3.8, 4) is 0 Å². The number of hydrogen-bond donors (Lipinski definition) is 2. The van der Waals surface area contributed by atoms with Gasteiger partial charge < -0.3 is 10.6 Å². The minimum atomic E-state index is -0.0752. The van der Waals surface area contributed by atoms with Gasteiger partial charge in [-0.2, -0.15) is 0 Å². The van der Waals surface area contributed by atoms with E-state index in [2.05, 4.69) is 10.6 Å². The molecule has 0 aliphatic carbocycles. The molecule has 1 heterocycles. The Kier molecular flexibility index (Phi) is 5.23. The second-order valence-electron chi connectivity index (χ2n) is 5.24. The molecule has 1 unspecified atom stereocenters. The molecule has 2 rings (SSSR count). The van der Waals surface area contributed by atoms with Crippen LogP contribution in [0.25, 0.3) is 0 Å². The molecule has 1 aromatic rings. The highest BCUT2D eigenvalue weighted by atomic mass is 35.5. The summed E-state index contributed by atoms with van der Waals surface area (Å²) in [6, 6.07) is 5.52. The lowest BCUT2D eigenvalue weighted by Gasteiger charge is -2.22. The maximum Gasteiger partial charge on any atom is 0.252 e. The molecule has 3 nitrogen and oxygen atoms in total. The summed E-state index contributed by atoms with van der Waals surface area (Å²) in [6.45, 7) is 4.88. The fourth-order valence-corrected chi connectivity index (χ4v) is 2.78. The molecule has 1 fully saturated rings. The molecule has 104 valence electrons. The van der Waals surface area contributed by atoms with Crippen molar-refractivity contribution in [2.45, 2.75) is 26.2 Å². The molecule has 1 aliphatic rings. The molecule has 0 spiro atoms. The van der Waals surface area contributed by atoms with Gasteiger partial charge in [-0.1, -0.05) is 17.7 Å². The third-order valence-electron chi connectivity index (χ3n) is 3.61. The molecule has 1 amide bonds. The van der Waals surface area contributed by atoms with E-state index in [0.717, 1.165) is 31.6 Å². The first-order valence-electron chi connectivity index (χ1n) is 6.92. The summed E-state index contributed by atoms with van der Waals surface area (Å²) in [6.07, 6.45) is 3.53. The van der Waals surface area contributed by atoms with Gasteiger partial charge in [-0.05, 0) is 62.9 Å². The molecule has 0 saturated carbocycles. The van der Waals surface area contributed by atoms with Crippen LogP contribution >= 0.6 is 11.6 Å². The van der Waals surface area contributed by atoms with Crippen LogP contribution in [0.4, 0.5) is 0 Å². The van der Waals surface area contributed by atoms with Gasteiger partial charge in [-0.15, -0.1) is 0 Å². The Hall–Kier alpha value is -1.06. The van der Waals surface area contributed by atoms with E-state index < -0.39 is 0 Å². The maximum absolute atomic E-state index is 12.0. The Balaban J connectivity index is 1.80. The second-order valence-corrected chi connectivity index (χ2v) is 5.65. The minimum absolute atomic E-state index is 0.0752. The summed E-state index contributed by atoms with van der Waals surface area (Å²) < 4.78 is 0. The zero-order chi connectivity index (χ0) is 13.7. The van der Waals surface area contributed by atoms with E-state index in [1.165, 1.54) is 12.8 Å². The van der Waals surface area contributed by atoms with Crippen molar-refractivity contribution in [2.24, 2.45) is 5.92 Å². The maximum atomic E-state index is 12.0. The topological polar surface area (TPSA) is 41.1 Å². The van der Waals surface area contributed by atoms with Crippen molar-refractivity contribution in [3.63, 3.8) is 0 Å². The number of nitrogens with one attached hydrogen (secondary N) is 2. The molecule has 19 heavy (non-hydrogen) atoms. The van der Waals surface area contributed by atoms with Crippen molar-refractivity contribution in [3.05, 3.63) is 34.3 Å². The zero-order valence-electron chi connectivity index (χ0n) is 11.3. The highest BCUT2D eigenvalue weighted by molar-refractivity contribution is 6.33. The number of halogens is 1. The van der Waals surface area contributed by atoms with Gasteiger partial charge in [0.15, 0.2) is 0 Å². The largest absolute Gasteiger partial charge is 0.352 e. The summed E-state index contributed by atoms with van der Waals surface area (Å²) in [4.78, 5) is 12.0. The van der Waals surface area contributed by atoms with Gasteiger partial charge in [0, 0.05) is 6.54 Å². The number of amides is 1. The zero-order valence-corrected chi connectivity index (χ0v) is 12.1. The molecule has 1 aromatic carbocycles. The van der Waals surface area contributed by atoms with Gasteiger partial charge in [0.1, 0.15) is 0 Å². The lowest BCUT2D eigenvalue weighted by atomic mass is 9.96. The first-order valence-corrected chi connectivity index (χ1v) is 7.29. The van der Waals surface area contributed by atoms with Gasteiger partial charge in [0.05, 0.1) is 10.6 Å². The average molecular weight is 281 g/mol. The number of carbonyl (C=O) groups excluding carboxylic acids is 1. The van der Waals surface area contributed by atoms with E-state index in [-0.39, 0.29) is 5.91 Å². The Bertz CT molecular complexity index is 442. The number of carbonyl (C=O) groups is 1. The quantitative estimate of drug-likeness (QED) is 0.890. The molecule has 1 atom stereocenters. The van der Waals surface area contributed by atoms with Gasteiger partial charge in [0.25, 0.3) is 5.91 Å². The molecule has 0 bridgehead atoms. The lowest BCUT2D eigenvalue weighted by molar-refractivity contribution is 0.0951. The first kappa shape index (κ1) is 14.4. The van der Waals surface area contributed by atoms with E-state index in [0.29, 0.717) is 16.5 Å². The Morgan fingerprint density at radius 2 is 2.37 bits per heavy atom. The Labute approximate surface area is 119 Å². The fourth-order valence-electron chi connectivity index (χ4n) is 2.46. The SMILES string of the molecule is Cc1ccc(C(=O)NCCC2CCCNC2)c(Cl)c1.